The summed E-state index contributed by atoms with van der Waals surface area (Å²) in [5.74, 6) is 0.0145. The minimum Gasteiger partial charge on any atom is -0.508 e. The summed E-state index contributed by atoms with van der Waals surface area (Å²) in [6.07, 6.45) is 1.67. The van der Waals surface area contributed by atoms with Gasteiger partial charge in [0.25, 0.3) is 0 Å². The summed E-state index contributed by atoms with van der Waals surface area (Å²) in [5.41, 5.74) is 1.60. The second-order valence-corrected chi connectivity index (χ2v) is 5.72. The number of rotatable bonds is 4. The van der Waals surface area contributed by atoms with Crippen molar-refractivity contribution < 1.29 is 9.50 Å². The fourth-order valence-electron chi connectivity index (χ4n) is 2.27. The highest BCUT2D eigenvalue weighted by atomic mass is 35.5. The number of fused-ring (bicyclic) bond motifs is 1. The van der Waals surface area contributed by atoms with Crippen LogP contribution in [-0.2, 0) is 6.54 Å². The fourth-order valence-corrected chi connectivity index (χ4v) is 2.43. The number of nitrogens with one attached hydrogen (secondary N) is 1. The number of hydrogen-bond acceptors (Lipinski definition) is 5. The Morgan fingerprint density at radius 3 is 2.87 bits per heavy atom. The topological polar surface area (TPSA) is 75.9 Å². The number of phenols is 1. The molecular weight excluding hydrogens is 321 g/mol. The SMILES string of the molecule is CC(C)n1cnc2c(NCc3cc(F)ccc3O)nc(Cl)nc21. The maximum absolute atomic E-state index is 13.3. The Balaban J connectivity index is 1.95. The summed E-state index contributed by atoms with van der Waals surface area (Å²) >= 11 is 5.98. The molecule has 0 aliphatic rings. The summed E-state index contributed by atoms with van der Waals surface area (Å²) in [7, 11) is 0. The number of hydrogen-bond donors (Lipinski definition) is 2. The Kier molecular flexibility index (Phi) is 4.04. The van der Waals surface area contributed by atoms with Crippen molar-refractivity contribution in [1.29, 1.82) is 0 Å². The number of benzene rings is 1. The lowest BCUT2D eigenvalue weighted by atomic mass is 10.2. The minimum atomic E-state index is -0.422. The summed E-state index contributed by atoms with van der Waals surface area (Å²) < 4.78 is 15.2. The Labute approximate surface area is 137 Å². The van der Waals surface area contributed by atoms with Gasteiger partial charge in [-0.15, -0.1) is 0 Å². The molecule has 8 heteroatoms. The van der Waals surface area contributed by atoms with Crippen LogP contribution >= 0.6 is 11.6 Å². The lowest BCUT2D eigenvalue weighted by Gasteiger charge is -2.10. The second-order valence-electron chi connectivity index (χ2n) is 5.39. The Morgan fingerprint density at radius 1 is 1.35 bits per heavy atom. The van der Waals surface area contributed by atoms with Crippen molar-refractivity contribution in [1.82, 2.24) is 19.5 Å². The zero-order valence-corrected chi connectivity index (χ0v) is 13.3. The number of imidazole rings is 1. The molecule has 0 saturated carbocycles. The summed E-state index contributed by atoms with van der Waals surface area (Å²) in [6, 6.07) is 3.94. The molecule has 0 saturated heterocycles. The van der Waals surface area contributed by atoms with Crippen LogP contribution in [0.4, 0.5) is 10.2 Å². The third-order valence-electron chi connectivity index (χ3n) is 3.44. The molecule has 0 aliphatic heterocycles. The van der Waals surface area contributed by atoms with Gasteiger partial charge in [0, 0.05) is 18.2 Å². The highest BCUT2D eigenvalue weighted by molar-refractivity contribution is 6.28. The van der Waals surface area contributed by atoms with Crippen LogP contribution in [0, 0.1) is 5.82 Å². The zero-order valence-electron chi connectivity index (χ0n) is 12.6. The molecule has 0 spiro atoms. The molecule has 2 aromatic heterocycles. The third-order valence-corrected chi connectivity index (χ3v) is 3.61. The van der Waals surface area contributed by atoms with Crippen LogP contribution in [0.5, 0.6) is 5.75 Å². The van der Waals surface area contributed by atoms with Crippen molar-refractivity contribution in [3.8, 4) is 5.75 Å². The molecule has 6 nitrogen and oxygen atoms in total. The average Bonchev–Trinajstić information content (AvgIpc) is 2.91. The van der Waals surface area contributed by atoms with E-state index in [1.807, 2.05) is 18.4 Å². The highest BCUT2D eigenvalue weighted by Crippen LogP contribution is 2.25. The predicted molar refractivity (Wildman–Crippen MR) is 86.1 cm³/mol. The molecule has 3 aromatic rings. The van der Waals surface area contributed by atoms with Crippen LogP contribution in [0.1, 0.15) is 25.5 Å². The van der Waals surface area contributed by atoms with Gasteiger partial charge >= 0.3 is 0 Å². The van der Waals surface area contributed by atoms with Crippen molar-refractivity contribution in [3.05, 3.63) is 41.2 Å². The molecule has 0 fully saturated rings. The Bertz CT molecular complexity index is 864. The van der Waals surface area contributed by atoms with Gasteiger partial charge in [0.2, 0.25) is 5.28 Å². The molecule has 23 heavy (non-hydrogen) atoms. The Hall–Kier alpha value is -2.41. The van der Waals surface area contributed by atoms with Gasteiger partial charge in [0.1, 0.15) is 11.6 Å². The number of aromatic nitrogens is 4. The number of halogens is 2. The van der Waals surface area contributed by atoms with Crippen LogP contribution in [0.15, 0.2) is 24.5 Å². The number of phenolic OH excluding ortho intramolecular Hbond substituents is 1. The molecule has 0 aliphatic carbocycles. The summed E-state index contributed by atoms with van der Waals surface area (Å²) in [6.45, 7) is 4.20. The van der Waals surface area contributed by atoms with Gasteiger partial charge in [-0.3, -0.25) is 0 Å². The standard InChI is InChI=1S/C15H15ClFN5O/c1-8(2)22-7-19-12-13(20-15(16)21-14(12)22)18-6-9-5-10(17)3-4-11(9)23/h3-5,7-8,23H,6H2,1-2H3,(H,18,20,21). The van der Waals surface area contributed by atoms with Crippen LogP contribution in [0.25, 0.3) is 11.2 Å². The van der Waals surface area contributed by atoms with Crippen molar-refractivity contribution in [2.75, 3.05) is 5.32 Å². The molecule has 0 radical (unpaired) electrons. The van der Waals surface area contributed by atoms with E-state index in [1.165, 1.54) is 18.2 Å². The van der Waals surface area contributed by atoms with Crippen molar-refractivity contribution >= 4 is 28.6 Å². The molecule has 3 rings (SSSR count). The van der Waals surface area contributed by atoms with Gasteiger partial charge in [-0.1, -0.05) is 0 Å². The molecule has 0 atom stereocenters. The molecule has 0 unspecified atom stereocenters. The van der Waals surface area contributed by atoms with Gasteiger partial charge in [-0.2, -0.15) is 9.97 Å². The van der Waals surface area contributed by atoms with Crippen LogP contribution < -0.4 is 5.32 Å². The first kappa shape index (κ1) is 15.5. The molecule has 2 heterocycles. The Morgan fingerprint density at radius 2 is 2.13 bits per heavy atom. The number of aromatic hydroxyl groups is 1. The predicted octanol–water partition coefficient (Wildman–Crippen LogP) is 3.52. The third kappa shape index (κ3) is 3.05. The van der Waals surface area contributed by atoms with E-state index in [9.17, 15) is 9.50 Å². The first-order chi connectivity index (χ1) is 11.0. The first-order valence-electron chi connectivity index (χ1n) is 7.07. The molecule has 0 amide bonds. The smallest absolute Gasteiger partial charge is 0.226 e. The molecular formula is C15H15ClFN5O. The first-order valence-corrected chi connectivity index (χ1v) is 7.45. The lowest BCUT2D eigenvalue weighted by molar-refractivity contribution is 0.466. The van der Waals surface area contributed by atoms with Gasteiger partial charge in [0.05, 0.1) is 6.33 Å². The van der Waals surface area contributed by atoms with Crippen molar-refractivity contribution in [2.45, 2.75) is 26.4 Å². The molecule has 1 aromatic carbocycles. The fraction of sp³-hybridized carbons (Fsp3) is 0.267. The minimum absolute atomic E-state index is 0.00278. The van der Waals surface area contributed by atoms with Crippen LogP contribution in [0.2, 0.25) is 5.28 Å². The largest absolute Gasteiger partial charge is 0.508 e. The summed E-state index contributed by atoms with van der Waals surface area (Å²) in [5, 5.41) is 12.9. The van der Waals surface area contributed by atoms with E-state index < -0.39 is 5.82 Å². The molecule has 2 N–H and O–H groups in total. The van der Waals surface area contributed by atoms with Gasteiger partial charge in [-0.05, 0) is 43.6 Å². The van der Waals surface area contributed by atoms with Crippen molar-refractivity contribution in [3.63, 3.8) is 0 Å². The van der Waals surface area contributed by atoms with E-state index in [4.69, 9.17) is 11.6 Å². The van der Waals surface area contributed by atoms with Gasteiger partial charge in [-0.25, -0.2) is 9.37 Å². The van der Waals surface area contributed by atoms with E-state index >= 15 is 0 Å². The van der Waals surface area contributed by atoms with Crippen LogP contribution in [0.3, 0.4) is 0 Å². The maximum atomic E-state index is 13.3. The monoisotopic (exact) mass is 335 g/mol. The second kappa shape index (κ2) is 6.00. The quantitative estimate of drug-likeness (QED) is 0.713. The van der Waals surface area contributed by atoms with Crippen LogP contribution in [-0.4, -0.2) is 24.6 Å². The highest BCUT2D eigenvalue weighted by Gasteiger charge is 2.14. The normalized spacial score (nSPS) is 11.3. The van der Waals surface area contributed by atoms with E-state index in [-0.39, 0.29) is 23.6 Å². The molecule has 120 valence electrons. The summed E-state index contributed by atoms with van der Waals surface area (Å²) in [4.78, 5) is 12.7. The van der Waals surface area contributed by atoms with E-state index in [1.54, 1.807) is 6.33 Å². The number of anilines is 1. The lowest BCUT2D eigenvalue weighted by Crippen LogP contribution is -2.05. The number of nitrogens with zero attached hydrogens (tertiary/aromatic N) is 4. The van der Waals surface area contributed by atoms with Gasteiger partial charge < -0.3 is 15.0 Å². The average molecular weight is 336 g/mol. The zero-order chi connectivity index (χ0) is 16.6. The van der Waals surface area contributed by atoms with E-state index in [2.05, 4.69) is 20.3 Å². The van der Waals surface area contributed by atoms with E-state index in [0.29, 0.717) is 22.5 Å². The maximum Gasteiger partial charge on any atom is 0.226 e. The van der Waals surface area contributed by atoms with E-state index in [0.717, 1.165) is 0 Å². The van der Waals surface area contributed by atoms with Crippen molar-refractivity contribution in [2.24, 2.45) is 0 Å². The molecule has 0 bridgehead atoms. The van der Waals surface area contributed by atoms with Gasteiger partial charge in [0.15, 0.2) is 17.0 Å².